The van der Waals surface area contributed by atoms with Gasteiger partial charge in [0.15, 0.2) is 11.6 Å². The second kappa shape index (κ2) is 6.74. The van der Waals surface area contributed by atoms with Crippen LogP contribution >= 0.6 is 0 Å². The van der Waals surface area contributed by atoms with E-state index in [2.05, 4.69) is 48.9 Å². The molecule has 0 bridgehead atoms. The van der Waals surface area contributed by atoms with Crippen LogP contribution in [-0.2, 0) is 5.54 Å². The summed E-state index contributed by atoms with van der Waals surface area (Å²) in [5, 5.41) is 13.0. The summed E-state index contributed by atoms with van der Waals surface area (Å²) >= 11 is 0. The number of hydrogen-bond acceptors (Lipinski definition) is 7. The van der Waals surface area contributed by atoms with Gasteiger partial charge >= 0.3 is 0 Å². The highest BCUT2D eigenvalue weighted by Crippen LogP contribution is 2.48. The monoisotopic (exact) mass is 409 g/mol. The number of benzene rings is 1. The molecule has 3 aromatic heterocycles. The maximum absolute atomic E-state index is 4.92. The number of hydrogen-bond donors (Lipinski definition) is 0. The maximum Gasteiger partial charge on any atom is 0.255 e. The highest BCUT2D eigenvalue weighted by atomic mass is 15.4. The molecular weight excluding hydrogens is 390 g/mol. The molecule has 2 aliphatic heterocycles. The molecule has 9 heteroatoms. The molecule has 0 unspecified atom stereocenters. The normalized spacial score (nSPS) is 18.7. The fourth-order valence-corrected chi connectivity index (χ4v) is 4.62. The third-order valence-electron chi connectivity index (χ3n) is 6.12. The molecule has 31 heavy (non-hydrogen) atoms. The minimum absolute atomic E-state index is 0.187. The van der Waals surface area contributed by atoms with Crippen LogP contribution in [0.25, 0.3) is 11.6 Å². The van der Waals surface area contributed by atoms with Gasteiger partial charge in [-0.25, -0.2) is 9.97 Å². The maximum atomic E-state index is 4.92. The Morgan fingerprint density at radius 1 is 1.13 bits per heavy atom. The number of rotatable bonds is 2. The molecule has 0 saturated carbocycles. The molecule has 0 radical (unpaired) electrons. The predicted molar refractivity (Wildman–Crippen MR) is 113 cm³/mol. The van der Waals surface area contributed by atoms with Crippen LogP contribution in [0.4, 0.5) is 5.82 Å². The largest absolute Gasteiger partial charge is 0.342 e. The van der Waals surface area contributed by atoms with Gasteiger partial charge in [0.25, 0.3) is 5.95 Å². The van der Waals surface area contributed by atoms with Gasteiger partial charge in [-0.2, -0.15) is 14.8 Å². The summed E-state index contributed by atoms with van der Waals surface area (Å²) in [6.07, 6.45) is 8.06. The van der Waals surface area contributed by atoms with Crippen molar-refractivity contribution < 1.29 is 0 Å². The van der Waals surface area contributed by atoms with E-state index < -0.39 is 0 Å². The minimum Gasteiger partial charge on any atom is -0.342 e. The smallest absolute Gasteiger partial charge is 0.255 e. The average Bonchev–Trinajstić information content (AvgIpc) is 3.57. The fourth-order valence-electron chi connectivity index (χ4n) is 4.62. The lowest BCUT2D eigenvalue weighted by Crippen LogP contribution is -2.46. The Balaban J connectivity index is 1.46. The van der Waals surface area contributed by atoms with Crippen molar-refractivity contribution in [2.45, 2.75) is 31.7 Å². The molecule has 0 N–H and O–H groups in total. The van der Waals surface area contributed by atoms with Crippen LogP contribution in [0.1, 0.15) is 43.4 Å². The van der Waals surface area contributed by atoms with Crippen molar-refractivity contribution in [3.8, 4) is 23.5 Å². The SMILES string of the molecule is CC[C@@]12CCCN1c1nc(-n3ncnc3C#Cc3ccccc3)ncc1-n1cnnc12. The highest BCUT2D eigenvalue weighted by Gasteiger charge is 2.49. The lowest BCUT2D eigenvalue weighted by molar-refractivity contribution is 0.381. The van der Waals surface area contributed by atoms with Gasteiger partial charge < -0.3 is 4.90 Å². The van der Waals surface area contributed by atoms with E-state index in [4.69, 9.17) is 4.98 Å². The third-order valence-corrected chi connectivity index (χ3v) is 6.12. The molecule has 0 spiro atoms. The molecule has 1 saturated heterocycles. The van der Waals surface area contributed by atoms with Gasteiger partial charge in [0.05, 0.1) is 6.20 Å². The molecule has 1 aromatic carbocycles. The van der Waals surface area contributed by atoms with Crippen LogP contribution in [0.15, 0.2) is 49.2 Å². The summed E-state index contributed by atoms with van der Waals surface area (Å²) in [5.74, 6) is 8.98. The summed E-state index contributed by atoms with van der Waals surface area (Å²) in [5.41, 5.74) is 1.60. The topological polar surface area (TPSA) is 90.4 Å². The number of anilines is 1. The van der Waals surface area contributed by atoms with Crippen LogP contribution in [-0.4, -0.2) is 46.0 Å². The lowest BCUT2D eigenvalue weighted by Gasteiger charge is -2.42. The van der Waals surface area contributed by atoms with Crippen molar-refractivity contribution >= 4 is 5.82 Å². The quantitative estimate of drug-likeness (QED) is 0.469. The van der Waals surface area contributed by atoms with E-state index in [0.717, 1.165) is 48.7 Å². The molecule has 9 nitrogen and oxygen atoms in total. The number of aromatic nitrogens is 8. The summed E-state index contributed by atoms with van der Waals surface area (Å²) in [4.78, 5) is 16.1. The van der Waals surface area contributed by atoms with E-state index in [0.29, 0.717) is 11.8 Å². The van der Waals surface area contributed by atoms with Crippen LogP contribution < -0.4 is 4.90 Å². The zero-order chi connectivity index (χ0) is 20.8. The second-order valence-electron chi connectivity index (χ2n) is 7.66. The predicted octanol–water partition coefficient (Wildman–Crippen LogP) is 2.26. The Kier molecular flexibility index (Phi) is 3.86. The van der Waals surface area contributed by atoms with Gasteiger partial charge in [-0.15, -0.1) is 10.2 Å². The third kappa shape index (κ3) is 2.58. The van der Waals surface area contributed by atoms with Crippen LogP contribution in [0.5, 0.6) is 0 Å². The molecule has 0 aliphatic carbocycles. The Morgan fingerprint density at radius 3 is 2.90 bits per heavy atom. The van der Waals surface area contributed by atoms with Crippen molar-refractivity contribution in [2.24, 2.45) is 0 Å². The lowest BCUT2D eigenvalue weighted by atomic mass is 9.90. The van der Waals surface area contributed by atoms with Crippen molar-refractivity contribution in [3.63, 3.8) is 0 Å². The van der Waals surface area contributed by atoms with Gasteiger partial charge in [0, 0.05) is 12.1 Å². The molecule has 1 atom stereocenters. The van der Waals surface area contributed by atoms with E-state index in [1.165, 1.54) is 6.33 Å². The fraction of sp³-hybridized carbons (Fsp3) is 0.273. The van der Waals surface area contributed by atoms with Crippen LogP contribution in [0, 0.1) is 11.8 Å². The second-order valence-corrected chi connectivity index (χ2v) is 7.66. The van der Waals surface area contributed by atoms with E-state index in [-0.39, 0.29) is 5.54 Å². The Bertz CT molecular complexity index is 1330. The Labute approximate surface area is 178 Å². The van der Waals surface area contributed by atoms with E-state index in [1.807, 2.05) is 34.9 Å². The summed E-state index contributed by atoms with van der Waals surface area (Å²) < 4.78 is 3.60. The zero-order valence-corrected chi connectivity index (χ0v) is 17.0. The highest BCUT2D eigenvalue weighted by molar-refractivity contribution is 5.64. The summed E-state index contributed by atoms with van der Waals surface area (Å²) in [7, 11) is 0. The number of nitrogens with zero attached hydrogens (tertiary/aromatic N) is 9. The van der Waals surface area contributed by atoms with E-state index in [9.17, 15) is 0 Å². The summed E-state index contributed by atoms with van der Waals surface area (Å²) in [6.45, 7) is 3.11. The van der Waals surface area contributed by atoms with Gasteiger partial charge in [0.2, 0.25) is 5.82 Å². The Hall–Kier alpha value is -4.06. The molecule has 4 aromatic rings. The van der Waals surface area contributed by atoms with Crippen LogP contribution in [0.2, 0.25) is 0 Å². The van der Waals surface area contributed by atoms with Gasteiger partial charge in [-0.3, -0.25) is 4.57 Å². The first-order valence-electron chi connectivity index (χ1n) is 10.3. The molecule has 1 fully saturated rings. The summed E-state index contributed by atoms with van der Waals surface area (Å²) in [6, 6.07) is 9.78. The molecule has 2 aliphatic rings. The molecule has 5 heterocycles. The van der Waals surface area contributed by atoms with Gasteiger partial charge in [0.1, 0.15) is 23.9 Å². The first kappa shape index (κ1) is 17.8. The Morgan fingerprint density at radius 2 is 2.03 bits per heavy atom. The molecule has 152 valence electrons. The average molecular weight is 409 g/mol. The standard InChI is InChI=1S/C22H19N9/c1-2-22-11-6-12-30(22)19-17(29-15-25-28-20(22)29)13-23-21(27-19)31-18(24-14-26-31)10-9-16-7-4-3-5-8-16/h3-5,7-8,13-15H,2,6,11-12H2,1H3/t22-/m0/s1. The van der Waals surface area contributed by atoms with Gasteiger partial charge in [-0.05, 0) is 37.3 Å². The van der Waals surface area contributed by atoms with Crippen molar-refractivity contribution in [3.05, 3.63) is 66.4 Å². The first-order chi connectivity index (χ1) is 15.3. The number of fused-ring (bicyclic) bond motifs is 6. The minimum atomic E-state index is -0.187. The van der Waals surface area contributed by atoms with Crippen molar-refractivity contribution in [1.82, 2.24) is 39.5 Å². The zero-order valence-electron chi connectivity index (χ0n) is 17.0. The van der Waals surface area contributed by atoms with Gasteiger partial charge in [-0.1, -0.05) is 31.0 Å². The molecular formula is C22H19N9. The molecule has 0 amide bonds. The van der Waals surface area contributed by atoms with Crippen LogP contribution in [0.3, 0.4) is 0 Å². The van der Waals surface area contributed by atoms with E-state index >= 15 is 0 Å². The van der Waals surface area contributed by atoms with E-state index in [1.54, 1.807) is 17.2 Å². The van der Waals surface area contributed by atoms with Crippen molar-refractivity contribution in [2.75, 3.05) is 11.4 Å². The molecule has 6 rings (SSSR count). The van der Waals surface area contributed by atoms with Crippen molar-refractivity contribution in [1.29, 1.82) is 0 Å². The first-order valence-corrected chi connectivity index (χ1v) is 10.3.